The van der Waals surface area contributed by atoms with Gasteiger partial charge in [-0.15, -0.1) is 0 Å². The normalized spacial score (nSPS) is 21.1. The second-order valence-electron chi connectivity index (χ2n) is 8.45. The molecule has 6 nitrogen and oxygen atoms in total. The largest absolute Gasteiger partial charge is 0.456 e. The third kappa shape index (κ3) is 6.59. The van der Waals surface area contributed by atoms with Crippen LogP contribution in [0.15, 0.2) is 60.7 Å². The second kappa shape index (κ2) is 9.76. The molecule has 0 bridgehead atoms. The first-order valence-corrected chi connectivity index (χ1v) is 10.2. The Hall–Kier alpha value is -2.86. The van der Waals surface area contributed by atoms with Crippen molar-refractivity contribution >= 4 is 12.1 Å². The van der Waals surface area contributed by atoms with E-state index in [0.717, 1.165) is 5.56 Å². The minimum atomic E-state index is -0.609. The molecule has 1 N–H and O–H groups in total. The van der Waals surface area contributed by atoms with Gasteiger partial charge < -0.3 is 19.5 Å². The highest BCUT2D eigenvalue weighted by Crippen LogP contribution is 2.27. The summed E-state index contributed by atoms with van der Waals surface area (Å²) in [4.78, 5) is 24.8. The standard InChI is InChI=1S/C24H29NO5/c1-24(2,3)30-23(27)25-20-14-19(28-16-17-10-6-4-7-11-17)15-21(20)29-22(26)18-12-8-5-9-13-18/h4-13,19-21H,14-16H2,1-3H3,(H,25,27)/t19-,20-,21+/m1/s1. The van der Waals surface area contributed by atoms with Crippen LogP contribution in [0.5, 0.6) is 0 Å². The van der Waals surface area contributed by atoms with E-state index in [2.05, 4.69) is 5.32 Å². The molecule has 0 aromatic heterocycles. The molecule has 1 aliphatic rings. The average Bonchev–Trinajstić information content (AvgIpc) is 3.07. The van der Waals surface area contributed by atoms with Crippen LogP contribution >= 0.6 is 0 Å². The number of benzene rings is 2. The van der Waals surface area contributed by atoms with Crippen molar-refractivity contribution in [2.45, 2.75) is 64.1 Å². The highest BCUT2D eigenvalue weighted by atomic mass is 16.6. The fraction of sp³-hybridized carbons (Fsp3) is 0.417. The Balaban J connectivity index is 1.64. The fourth-order valence-electron chi connectivity index (χ4n) is 3.40. The summed E-state index contributed by atoms with van der Waals surface area (Å²) in [5, 5.41) is 2.85. The van der Waals surface area contributed by atoms with Crippen LogP contribution in [-0.2, 0) is 20.8 Å². The first kappa shape index (κ1) is 21.8. The van der Waals surface area contributed by atoms with Gasteiger partial charge in [0.15, 0.2) is 0 Å². The van der Waals surface area contributed by atoms with Gasteiger partial charge in [0.2, 0.25) is 0 Å². The molecule has 0 aliphatic heterocycles. The van der Waals surface area contributed by atoms with Crippen molar-refractivity contribution in [1.29, 1.82) is 0 Å². The number of amides is 1. The zero-order valence-electron chi connectivity index (χ0n) is 17.7. The van der Waals surface area contributed by atoms with E-state index < -0.39 is 23.8 Å². The Bertz CT molecular complexity index is 832. The summed E-state index contributed by atoms with van der Waals surface area (Å²) in [6.07, 6.45) is -0.119. The van der Waals surface area contributed by atoms with Crippen molar-refractivity contribution in [2.24, 2.45) is 0 Å². The van der Waals surface area contributed by atoms with Crippen molar-refractivity contribution in [2.75, 3.05) is 0 Å². The summed E-state index contributed by atoms with van der Waals surface area (Å²) < 4.78 is 17.1. The molecule has 160 valence electrons. The van der Waals surface area contributed by atoms with Gasteiger partial charge in [-0.2, -0.15) is 0 Å². The molecule has 6 heteroatoms. The van der Waals surface area contributed by atoms with Crippen LogP contribution in [-0.4, -0.2) is 35.9 Å². The fourth-order valence-corrected chi connectivity index (χ4v) is 3.40. The minimum absolute atomic E-state index is 0.140. The molecule has 1 fully saturated rings. The van der Waals surface area contributed by atoms with Crippen LogP contribution in [0.4, 0.5) is 4.79 Å². The van der Waals surface area contributed by atoms with E-state index in [1.165, 1.54) is 0 Å². The number of rotatable bonds is 6. The van der Waals surface area contributed by atoms with E-state index in [1.54, 1.807) is 45.0 Å². The Labute approximate surface area is 177 Å². The third-order valence-electron chi connectivity index (χ3n) is 4.76. The number of carbonyl (C=O) groups excluding carboxylic acids is 2. The van der Waals surface area contributed by atoms with Gasteiger partial charge >= 0.3 is 12.1 Å². The van der Waals surface area contributed by atoms with Crippen molar-refractivity contribution in [1.82, 2.24) is 5.32 Å². The van der Waals surface area contributed by atoms with Crippen LogP contribution in [0, 0.1) is 0 Å². The summed E-state index contributed by atoms with van der Waals surface area (Å²) in [7, 11) is 0. The number of ether oxygens (including phenoxy) is 3. The third-order valence-corrected chi connectivity index (χ3v) is 4.76. The van der Waals surface area contributed by atoms with Gasteiger partial charge in [0, 0.05) is 6.42 Å². The molecule has 0 heterocycles. The van der Waals surface area contributed by atoms with Gasteiger partial charge in [0.05, 0.1) is 24.3 Å². The molecule has 2 aromatic rings. The van der Waals surface area contributed by atoms with Crippen LogP contribution in [0.3, 0.4) is 0 Å². The summed E-state index contributed by atoms with van der Waals surface area (Å²) >= 11 is 0. The lowest BCUT2D eigenvalue weighted by Gasteiger charge is -2.24. The molecule has 3 rings (SSSR count). The van der Waals surface area contributed by atoms with E-state index in [4.69, 9.17) is 14.2 Å². The van der Waals surface area contributed by atoms with Gasteiger partial charge in [-0.1, -0.05) is 48.5 Å². The van der Waals surface area contributed by atoms with Gasteiger partial charge in [-0.25, -0.2) is 9.59 Å². The highest BCUT2D eigenvalue weighted by Gasteiger charge is 2.39. The van der Waals surface area contributed by atoms with Gasteiger partial charge in [-0.3, -0.25) is 0 Å². The summed E-state index contributed by atoms with van der Waals surface area (Å²) in [6.45, 7) is 5.88. The maximum Gasteiger partial charge on any atom is 0.408 e. The Morgan fingerprint density at radius 2 is 1.60 bits per heavy atom. The lowest BCUT2D eigenvalue weighted by molar-refractivity contribution is 0.0114. The van der Waals surface area contributed by atoms with Gasteiger partial charge in [-0.05, 0) is 44.9 Å². The predicted molar refractivity (Wildman–Crippen MR) is 113 cm³/mol. The van der Waals surface area contributed by atoms with E-state index in [1.807, 2.05) is 36.4 Å². The van der Waals surface area contributed by atoms with E-state index in [-0.39, 0.29) is 12.1 Å². The lowest BCUT2D eigenvalue weighted by atomic mass is 10.2. The summed E-state index contributed by atoms with van der Waals surface area (Å²) in [5.41, 5.74) is 0.934. The zero-order valence-corrected chi connectivity index (χ0v) is 17.7. The van der Waals surface area contributed by atoms with E-state index >= 15 is 0 Å². The number of esters is 1. The van der Waals surface area contributed by atoms with Gasteiger partial charge in [0.1, 0.15) is 11.7 Å². The Kier molecular flexibility index (Phi) is 7.11. The number of carbonyl (C=O) groups is 2. The molecule has 0 unspecified atom stereocenters. The maximum absolute atomic E-state index is 12.5. The molecule has 1 amide bonds. The lowest BCUT2D eigenvalue weighted by Crippen LogP contribution is -2.44. The molecule has 0 radical (unpaired) electrons. The van der Waals surface area contributed by atoms with Crippen LogP contribution in [0.1, 0.15) is 49.5 Å². The molecular weight excluding hydrogens is 382 g/mol. The van der Waals surface area contributed by atoms with Crippen molar-refractivity contribution < 1.29 is 23.8 Å². The van der Waals surface area contributed by atoms with E-state index in [0.29, 0.717) is 25.0 Å². The van der Waals surface area contributed by atoms with Gasteiger partial charge in [0.25, 0.3) is 0 Å². The molecule has 1 aliphatic carbocycles. The van der Waals surface area contributed by atoms with E-state index in [9.17, 15) is 9.59 Å². The van der Waals surface area contributed by atoms with Crippen LogP contribution in [0.25, 0.3) is 0 Å². The summed E-state index contributed by atoms with van der Waals surface area (Å²) in [6, 6.07) is 18.3. The van der Waals surface area contributed by atoms with Crippen molar-refractivity contribution in [3.8, 4) is 0 Å². The monoisotopic (exact) mass is 411 g/mol. The smallest absolute Gasteiger partial charge is 0.408 e. The zero-order chi connectivity index (χ0) is 21.6. The van der Waals surface area contributed by atoms with Crippen molar-refractivity contribution in [3.63, 3.8) is 0 Å². The second-order valence-corrected chi connectivity index (χ2v) is 8.45. The first-order chi connectivity index (χ1) is 14.3. The Morgan fingerprint density at radius 1 is 0.967 bits per heavy atom. The quantitative estimate of drug-likeness (QED) is 0.709. The molecule has 0 spiro atoms. The molecule has 30 heavy (non-hydrogen) atoms. The average molecular weight is 411 g/mol. The number of alkyl carbamates (subject to hydrolysis) is 1. The number of nitrogens with one attached hydrogen (secondary N) is 1. The number of hydrogen-bond donors (Lipinski definition) is 1. The predicted octanol–water partition coefficient (Wildman–Crippen LogP) is 4.48. The van der Waals surface area contributed by atoms with Crippen molar-refractivity contribution in [3.05, 3.63) is 71.8 Å². The maximum atomic E-state index is 12.5. The number of hydrogen-bond acceptors (Lipinski definition) is 5. The highest BCUT2D eigenvalue weighted by molar-refractivity contribution is 5.89. The summed E-state index contributed by atoms with van der Waals surface area (Å²) in [5.74, 6) is -0.416. The molecule has 2 aromatic carbocycles. The van der Waals surface area contributed by atoms with Crippen LogP contribution in [0.2, 0.25) is 0 Å². The molecule has 3 atom stereocenters. The SMILES string of the molecule is CC(C)(C)OC(=O)N[C@@H]1C[C@@H](OCc2ccccc2)C[C@@H]1OC(=O)c1ccccc1. The molecular formula is C24H29NO5. The molecule has 0 saturated heterocycles. The Morgan fingerprint density at radius 3 is 2.23 bits per heavy atom. The first-order valence-electron chi connectivity index (χ1n) is 10.2. The minimum Gasteiger partial charge on any atom is -0.456 e. The van der Waals surface area contributed by atoms with Crippen LogP contribution < -0.4 is 5.32 Å². The molecule has 1 saturated carbocycles. The topological polar surface area (TPSA) is 73.9 Å².